The minimum atomic E-state index is -0.861. The molecule has 0 spiro atoms. The van der Waals surface area contributed by atoms with Gasteiger partial charge in [-0.25, -0.2) is 5.43 Å². The quantitative estimate of drug-likeness (QED) is 0.478. The second-order valence-electron chi connectivity index (χ2n) is 10.6. The summed E-state index contributed by atoms with van der Waals surface area (Å²) in [6.45, 7) is 7.47. The first-order valence-corrected chi connectivity index (χ1v) is 13.6. The van der Waals surface area contributed by atoms with Gasteiger partial charge < -0.3 is 15.4 Å². The number of benzene rings is 1. The molecule has 0 unspecified atom stereocenters. The first kappa shape index (κ1) is 28.2. The molecule has 3 aliphatic rings. The fourth-order valence-corrected chi connectivity index (χ4v) is 4.77. The van der Waals surface area contributed by atoms with E-state index in [2.05, 4.69) is 21.0 Å². The van der Waals surface area contributed by atoms with Crippen LogP contribution in [0.3, 0.4) is 0 Å². The summed E-state index contributed by atoms with van der Waals surface area (Å²) in [4.78, 5) is 56.4. The van der Waals surface area contributed by atoms with Crippen LogP contribution in [0.25, 0.3) is 11.1 Å². The lowest BCUT2D eigenvalue weighted by Crippen LogP contribution is -2.61. The van der Waals surface area contributed by atoms with Crippen LogP contribution >= 0.6 is 0 Å². The number of hydrogen-bond donors (Lipinski definition) is 3. The van der Waals surface area contributed by atoms with Crippen molar-refractivity contribution in [2.24, 2.45) is 5.92 Å². The van der Waals surface area contributed by atoms with E-state index in [9.17, 15) is 19.2 Å². The zero-order valence-corrected chi connectivity index (χ0v) is 22.9. The second kappa shape index (κ2) is 12.4. The van der Waals surface area contributed by atoms with Crippen molar-refractivity contribution in [1.82, 2.24) is 26.1 Å². The van der Waals surface area contributed by atoms with Crippen LogP contribution in [-0.2, 0) is 30.3 Å². The molecule has 1 aromatic carbocycles. The average molecular weight is 536 g/mol. The van der Waals surface area contributed by atoms with Crippen LogP contribution in [-0.4, -0.2) is 58.4 Å². The van der Waals surface area contributed by atoms with Crippen molar-refractivity contribution in [1.29, 1.82) is 0 Å². The van der Waals surface area contributed by atoms with E-state index in [1.165, 1.54) is 5.01 Å². The lowest BCUT2D eigenvalue weighted by atomic mass is 10.0. The van der Waals surface area contributed by atoms with E-state index in [-0.39, 0.29) is 24.2 Å². The molecule has 39 heavy (non-hydrogen) atoms. The second-order valence-corrected chi connectivity index (χ2v) is 10.6. The standard InChI is InChI=1S/C29H37N5O5/c1-17(2)26-27(36)31-18(3)28(37)34-14-6-9-24(33-34)29(38)39-19(4)20-7-5-8-21(15-20)22-10-11-23(30-16-22)12-13-25(35)32-26/h5,7-8,10-11,15-19,24,26,33H,6,9,12-14H2,1-4H3,(H,31,36)(H,32,35)/t18-,19-,24+,26+/m1/s1. The predicted octanol–water partition coefficient (Wildman–Crippen LogP) is 2.44. The Balaban J connectivity index is 1.61. The number of carbonyl (C=O) groups is 4. The molecule has 0 radical (unpaired) electrons. The van der Waals surface area contributed by atoms with Gasteiger partial charge in [-0.2, -0.15) is 0 Å². The Kier molecular flexibility index (Phi) is 8.96. The van der Waals surface area contributed by atoms with E-state index in [0.29, 0.717) is 25.8 Å². The van der Waals surface area contributed by atoms with Crippen molar-refractivity contribution in [2.75, 3.05) is 6.54 Å². The zero-order chi connectivity index (χ0) is 28.1. The van der Waals surface area contributed by atoms with Gasteiger partial charge in [0.25, 0.3) is 5.91 Å². The summed E-state index contributed by atoms with van der Waals surface area (Å²) in [5.41, 5.74) is 6.41. The summed E-state index contributed by atoms with van der Waals surface area (Å²) >= 11 is 0. The van der Waals surface area contributed by atoms with E-state index in [0.717, 1.165) is 22.4 Å². The smallest absolute Gasteiger partial charge is 0.325 e. The van der Waals surface area contributed by atoms with Crippen molar-refractivity contribution >= 4 is 23.7 Å². The molecule has 3 amide bonds. The Morgan fingerprint density at radius 1 is 1.00 bits per heavy atom. The molecule has 1 fully saturated rings. The number of carbonyl (C=O) groups excluding carboxylic acids is 4. The van der Waals surface area contributed by atoms with Crippen LogP contribution in [0, 0.1) is 5.92 Å². The molecular weight excluding hydrogens is 498 g/mol. The van der Waals surface area contributed by atoms with Gasteiger partial charge in [-0.1, -0.05) is 38.1 Å². The van der Waals surface area contributed by atoms with Gasteiger partial charge in [0.05, 0.1) is 0 Å². The van der Waals surface area contributed by atoms with Gasteiger partial charge in [0, 0.05) is 30.4 Å². The summed E-state index contributed by atoms with van der Waals surface area (Å²) < 4.78 is 5.78. The van der Waals surface area contributed by atoms with Crippen LogP contribution in [0.15, 0.2) is 42.6 Å². The third-order valence-electron chi connectivity index (χ3n) is 7.15. The highest BCUT2D eigenvalue weighted by atomic mass is 16.5. The molecule has 3 aliphatic heterocycles. The Bertz CT molecular complexity index is 1210. The molecule has 4 atom stereocenters. The molecule has 4 heterocycles. The number of esters is 1. The monoisotopic (exact) mass is 535 g/mol. The lowest BCUT2D eigenvalue weighted by molar-refractivity contribution is -0.157. The number of hydrogen-bond acceptors (Lipinski definition) is 7. The Labute approximate surface area is 228 Å². The van der Waals surface area contributed by atoms with E-state index >= 15 is 0 Å². The van der Waals surface area contributed by atoms with Crippen LogP contribution in [0.1, 0.15) is 64.3 Å². The predicted molar refractivity (Wildman–Crippen MR) is 145 cm³/mol. The van der Waals surface area contributed by atoms with E-state index < -0.39 is 36.1 Å². The number of aryl methyl sites for hydroxylation is 1. The molecule has 6 bridgehead atoms. The molecule has 10 nitrogen and oxygen atoms in total. The molecule has 208 valence electrons. The van der Waals surface area contributed by atoms with E-state index in [4.69, 9.17) is 4.74 Å². The minimum Gasteiger partial charge on any atom is -0.457 e. The van der Waals surface area contributed by atoms with Crippen molar-refractivity contribution in [3.8, 4) is 11.1 Å². The highest BCUT2D eigenvalue weighted by molar-refractivity contribution is 5.92. The molecule has 3 N–H and O–H groups in total. The summed E-state index contributed by atoms with van der Waals surface area (Å²) in [7, 11) is 0. The Morgan fingerprint density at radius 3 is 2.51 bits per heavy atom. The van der Waals surface area contributed by atoms with Crippen LogP contribution in [0.5, 0.6) is 0 Å². The third kappa shape index (κ3) is 7.00. The largest absolute Gasteiger partial charge is 0.457 e. The van der Waals surface area contributed by atoms with Crippen LogP contribution in [0.2, 0.25) is 0 Å². The highest BCUT2D eigenvalue weighted by Crippen LogP contribution is 2.26. The molecule has 1 saturated heterocycles. The van der Waals surface area contributed by atoms with Gasteiger partial charge in [-0.3, -0.25) is 29.2 Å². The summed E-state index contributed by atoms with van der Waals surface area (Å²) in [6, 6.07) is 9.22. The van der Waals surface area contributed by atoms with Gasteiger partial charge in [0.1, 0.15) is 24.2 Å². The number of nitrogens with one attached hydrogen (secondary N) is 3. The van der Waals surface area contributed by atoms with Crippen LogP contribution < -0.4 is 16.1 Å². The summed E-state index contributed by atoms with van der Waals surface area (Å²) in [5.74, 6) is -1.71. The Hall–Kier alpha value is -3.79. The Morgan fingerprint density at radius 2 is 1.79 bits per heavy atom. The minimum absolute atomic E-state index is 0.175. The molecule has 1 aromatic heterocycles. The fraction of sp³-hybridized carbons (Fsp3) is 0.483. The topological polar surface area (TPSA) is 130 Å². The van der Waals surface area contributed by atoms with Gasteiger partial charge >= 0.3 is 5.97 Å². The summed E-state index contributed by atoms with van der Waals surface area (Å²) in [6.07, 6.45) is 2.99. The van der Waals surface area contributed by atoms with Crippen molar-refractivity contribution in [3.63, 3.8) is 0 Å². The van der Waals surface area contributed by atoms with Crippen molar-refractivity contribution in [3.05, 3.63) is 53.9 Å². The maximum absolute atomic E-state index is 13.1. The van der Waals surface area contributed by atoms with Gasteiger partial charge in [0.15, 0.2) is 0 Å². The molecule has 0 saturated carbocycles. The highest BCUT2D eigenvalue weighted by Gasteiger charge is 2.33. The zero-order valence-electron chi connectivity index (χ0n) is 22.9. The van der Waals surface area contributed by atoms with Crippen molar-refractivity contribution in [2.45, 2.75) is 77.6 Å². The number of rotatable bonds is 1. The molecule has 5 rings (SSSR count). The molecule has 2 aromatic rings. The number of fused-ring (bicyclic) bond motifs is 12. The first-order chi connectivity index (χ1) is 18.6. The lowest BCUT2D eigenvalue weighted by Gasteiger charge is -2.35. The van der Waals surface area contributed by atoms with Crippen molar-refractivity contribution < 1.29 is 23.9 Å². The number of aromatic nitrogens is 1. The van der Waals surface area contributed by atoms with E-state index in [1.807, 2.05) is 57.2 Å². The van der Waals surface area contributed by atoms with Gasteiger partial charge in [-0.15, -0.1) is 0 Å². The number of hydrazine groups is 1. The van der Waals surface area contributed by atoms with E-state index in [1.54, 1.807) is 13.1 Å². The normalized spacial score (nSPS) is 25.3. The fourth-order valence-electron chi connectivity index (χ4n) is 4.77. The summed E-state index contributed by atoms with van der Waals surface area (Å²) in [5, 5.41) is 6.91. The molecule has 10 heteroatoms. The first-order valence-electron chi connectivity index (χ1n) is 13.6. The molecule has 0 aliphatic carbocycles. The number of pyridine rings is 1. The SMILES string of the molecule is CC(C)[C@@H]1NC(=O)CCc2ccc(cn2)-c2cccc(c2)[C@@H](C)OC(=O)[C@@H]2CCCN(N2)C(=O)[C@@H](C)NC1=O. The average Bonchev–Trinajstić information content (AvgIpc) is 2.94. The third-order valence-corrected chi connectivity index (χ3v) is 7.15. The van der Waals surface area contributed by atoms with Gasteiger partial charge in [-0.05, 0) is 62.3 Å². The maximum atomic E-state index is 13.1. The maximum Gasteiger partial charge on any atom is 0.325 e. The van der Waals surface area contributed by atoms with Gasteiger partial charge in [0.2, 0.25) is 11.8 Å². The number of amides is 3. The van der Waals surface area contributed by atoms with Crippen LogP contribution in [0.4, 0.5) is 0 Å². The molecular formula is C29H37N5O5. The number of ether oxygens (including phenoxy) is 1. The number of nitrogens with zero attached hydrogens (tertiary/aromatic N) is 2.